The molecule has 0 bridgehead atoms. The third-order valence-corrected chi connectivity index (χ3v) is 1.78. The van der Waals surface area contributed by atoms with Crippen LogP contribution >= 0.6 is 0 Å². The van der Waals surface area contributed by atoms with Crippen molar-refractivity contribution in [3.05, 3.63) is 29.8 Å². The minimum Gasteiger partial charge on any atom is -0.494 e. The highest BCUT2D eigenvalue weighted by molar-refractivity contribution is 5.35. The van der Waals surface area contributed by atoms with Crippen LogP contribution in [-0.2, 0) is 0 Å². The van der Waals surface area contributed by atoms with Gasteiger partial charge < -0.3 is 4.74 Å². The van der Waals surface area contributed by atoms with Crippen molar-refractivity contribution < 1.29 is 4.74 Å². The molecule has 0 amide bonds. The predicted molar refractivity (Wildman–Crippen MR) is 51.6 cm³/mol. The summed E-state index contributed by atoms with van der Waals surface area (Å²) in [5, 5.41) is 17.3. The Labute approximate surface area is 83.2 Å². The van der Waals surface area contributed by atoms with E-state index in [2.05, 4.69) is 0 Å². The van der Waals surface area contributed by atoms with E-state index in [9.17, 15) is 0 Å². The van der Waals surface area contributed by atoms with Gasteiger partial charge in [0.2, 0.25) is 0 Å². The van der Waals surface area contributed by atoms with Gasteiger partial charge >= 0.3 is 0 Å². The van der Waals surface area contributed by atoms with Crippen LogP contribution in [0.1, 0.15) is 18.4 Å². The van der Waals surface area contributed by atoms with E-state index in [1.54, 1.807) is 24.3 Å². The largest absolute Gasteiger partial charge is 0.494 e. The number of nitriles is 2. The Morgan fingerprint density at radius 2 is 1.79 bits per heavy atom. The van der Waals surface area contributed by atoms with Crippen molar-refractivity contribution in [3.8, 4) is 17.9 Å². The molecule has 70 valence electrons. The first-order valence-corrected chi connectivity index (χ1v) is 4.33. The maximum atomic E-state index is 8.65. The van der Waals surface area contributed by atoms with E-state index < -0.39 is 5.92 Å². The zero-order valence-corrected chi connectivity index (χ0v) is 7.90. The summed E-state index contributed by atoms with van der Waals surface area (Å²) < 4.78 is 5.24. The van der Waals surface area contributed by atoms with Crippen molar-refractivity contribution >= 4 is 0 Å². The van der Waals surface area contributed by atoms with E-state index in [1.165, 1.54) is 0 Å². The minimum absolute atomic E-state index is 0.610. The lowest BCUT2D eigenvalue weighted by atomic mass is 10.0. The molecule has 0 heterocycles. The van der Waals surface area contributed by atoms with Crippen molar-refractivity contribution in [2.75, 3.05) is 6.61 Å². The first-order chi connectivity index (χ1) is 6.81. The zero-order chi connectivity index (χ0) is 10.4. The number of nitrogens with zero attached hydrogens (tertiary/aromatic N) is 2. The molecule has 1 aromatic carbocycles. The van der Waals surface area contributed by atoms with Crippen LogP contribution in [0.4, 0.5) is 0 Å². The first kappa shape index (κ1) is 10.1. The fourth-order valence-electron chi connectivity index (χ4n) is 1.10. The molecule has 0 saturated heterocycles. The summed E-state index contributed by atoms with van der Waals surface area (Å²) in [6.07, 6.45) is 0. The van der Waals surface area contributed by atoms with Gasteiger partial charge in [-0.2, -0.15) is 10.5 Å². The quantitative estimate of drug-likeness (QED) is 0.727. The highest BCUT2D eigenvalue weighted by atomic mass is 16.5. The molecular formula is C11H10N2O. The Morgan fingerprint density at radius 1 is 1.21 bits per heavy atom. The molecule has 3 heteroatoms. The number of hydrogen-bond donors (Lipinski definition) is 0. The smallest absolute Gasteiger partial charge is 0.158 e. The summed E-state index contributed by atoms with van der Waals surface area (Å²) in [6, 6.07) is 10.8. The highest BCUT2D eigenvalue weighted by Gasteiger charge is 2.07. The topological polar surface area (TPSA) is 56.8 Å². The van der Waals surface area contributed by atoms with Crippen molar-refractivity contribution in [3.63, 3.8) is 0 Å². The molecule has 0 unspecified atom stereocenters. The molecule has 0 aliphatic carbocycles. The number of hydrogen-bond acceptors (Lipinski definition) is 3. The van der Waals surface area contributed by atoms with Gasteiger partial charge in [-0.25, -0.2) is 0 Å². The molecule has 0 N–H and O–H groups in total. The van der Waals surface area contributed by atoms with Gasteiger partial charge in [0.15, 0.2) is 5.92 Å². The van der Waals surface area contributed by atoms with Crippen LogP contribution in [-0.4, -0.2) is 6.61 Å². The second kappa shape index (κ2) is 4.89. The normalized spacial score (nSPS) is 9.14. The van der Waals surface area contributed by atoms with Crippen LogP contribution in [0, 0.1) is 22.7 Å². The summed E-state index contributed by atoms with van der Waals surface area (Å²) in [6.45, 7) is 2.51. The number of benzene rings is 1. The number of ether oxygens (including phenoxy) is 1. The van der Waals surface area contributed by atoms with Gasteiger partial charge in [0, 0.05) is 0 Å². The molecule has 0 fully saturated rings. The third-order valence-electron chi connectivity index (χ3n) is 1.78. The molecule has 1 aromatic rings. The molecule has 0 saturated carbocycles. The van der Waals surface area contributed by atoms with Crippen molar-refractivity contribution in [1.29, 1.82) is 10.5 Å². The molecule has 0 aromatic heterocycles. The van der Waals surface area contributed by atoms with Crippen LogP contribution in [0.15, 0.2) is 24.3 Å². The van der Waals surface area contributed by atoms with E-state index in [1.807, 2.05) is 19.1 Å². The summed E-state index contributed by atoms with van der Waals surface area (Å²) in [5.74, 6) is 0.0663. The highest BCUT2D eigenvalue weighted by Crippen LogP contribution is 2.18. The fraction of sp³-hybridized carbons (Fsp3) is 0.273. The Morgan fingerprint density at radius 3 is 2.21 bits per heavy atom. The lowest BCUT2D eigenvalue weighted by Gasteiger charge is -2.04. The van der Waals surface area contributed by atoms with Gasteiger partial charge in [0.05, 0.1) is 18.7 Å². The summed E-state index contributed by atoms with van der Waals surface area (Å²) >= 11 is 0. The van der Waals surface area contributed by atoms with Crippen LogP contribution in [0.25, 0.3) is 0 Å². The minimum atomic E-state index is -0.689. The molecule has 0 spiro atoms. The maximum Gasteiger partial charge on any atom is 0.158 e. The van der Waals surface area contributed by atoms with Crippen molar-refractivity contribution in [1.82, 2.24) is 0 Å². The Balaban J connectivity index is 2.84. The molecule has 1 rings (SSSR count). The number of rotatable bonds is 3. The second-order valence-electron chi connectivity index (χ2n) is 2.69. The Bertz CT molecular complexity index is 356. The summed E-state index contributed by atoms with van der Waals surface area (Å²) in [7, 11) is 0. The second-order valence-corrected chi connectivity index (χ2v) is 2.69. The van der Waals surface area contributed by atoms with Gasteiger partial charge in [-0.15, -0.1) is 0 Å². The van der Waals surface area contributed by atoms with Crippen LogP contribution in [0.5, 0.6) is 5.75 Å². The van der Waals surface area contributed by atoms with E-state index in [0.717, 1.165) is 5.75 Å². The molecule has 3 nitrogen and oxygen atoms in total. The van der Waals surface area contributed by atoms with Crippen molar-refractivity contribution in [2.24, 2.45) is 0 Å². The van der Waals surface area contributed by atoms with Crippen LogP contribution in [0.3, 0.4) is 0 Å². The average Bonchev–Trinajstić information content (AvgIpc) is 2.23. The fourth-order valence-corrected chi connectivity index (χ4v) is 1.10. The monoisotopic (exact) mass is 186 g/mol. The van der Waals surface area contributed by atoms with Gasteiger partial charge in [0.1, 0.15) is 5.75 Å². The van der Waals surface area contributed by atoms with Gasteiger partial charge in [-0.05, 0) is 24.6 Å². The zero-order valence-electron chi connectivity index (χ0n) is 7.90. The first-order valence-electron chi connectivity index (χ1n) is 4.33. The standard InChI is InChI=1S/C11H10N2O/c1-2-14-11-5-3-9(4-6-11)10(7-12)8-13/h3-6,10H,2H2,1H3. The summed E-state index contributed by atoms with van der Waals surface area (Å²) in [4.78, 5) is 0. The predicted octanol–water partition coefficient (Wildman–Crippen LogP) is 2.22. The molecular weight excluding hydrogens is 176 g/mol. The molecule has 0 aliphatic heterocycles. The van der Waals surface area contributed by atoms with Gasteiger partial charge in [-0.3, -0.25) is 0 Å². The lowest BCUT2D eigenvalue weighted by molar-refractivity contribution is 0.340. The Hall–Kier alpha value is -2.00. The Kier molecular flexibility index (Phi) is 3.52. The SMILES string of the molecule is CCOc1ccc(C(C#N)C#N)cc1. The molecule has 14 heavy (non-hydrogen) atoms. The van der Waals surface area contributed by atoms with Gasteiger partial charge in [0.25, 0.3) is 0 Å². The molecule has 0 radical (unpaired) electrons. The van der Waals surface area contributed by atoms with E-state index in [4.69, 9.17) is 15.3 Å². The van der Waals surface area contributed by atoms with E-state index in [-0.39, 0.29) is 0 Å². The van der Waals surface area contributed by atoms with E-state index >= 15 is 0 Å². The third kappa shape index (κ3) is 2.24. The van der Waals surface area contributed by atoms with E-state index in [0.29, 0.717) is 12.2 Å². The maximum absolute atomic E-state index is 8.65. The lowest BCUT2D eigenvalue weighted by Crippen LogP contribution is -1.94. The average molecular weight is 186 g/mol. The van der Waals surface area contributed by atoms with Crippen LogP contribution < -0.4 is 4.74 Å². The van der Waals surface area contributed by atoms with Gasteiger partial charge in [-0.1, -0.05) is 12.1 Å². The summed E-state index contributed by atoms with van der Waals surface area (Å²) in [5.41, 5.74) is 0.707. The van der Waals surface area contributed by atoms with Crippen molar-refractivity contribution in [2.45, 2.75) is 12.8 Å². The molecule has 0 aliphatic rings. The molecule has 0 atom stereocenters. The van der Waals surface area contributed by atoms with Crippen LogP contribution in [0.2, 0.25) is 0 Å².